The molecule has 0 saturated carbocycles. The van der Waals surface area contributed by atoms with Crippen molar-refractivity contribution >= 4 is 12.1 Å². The molecule has 1 fully saturated rings. The molecule has 17 heavy (non-hydrogen) atoms. The van der Waals surface area contributed by atoms with Gasteiger partial charge in [0.25, 0.3) is 0 Å². The molecule has 1 amide bonds. The molecule has 1 heterocycles. The molecule has 1 rings (SSSR count). The smallest absolute Gasteiger partial charge is 0.410 e. The number of nitrogens with zero attached hydrogens (tertiary/aromatic N) is 1. The molecule has 6 heteroatoms. The van der Waals surface area contributed by atoms with E-state index in [-0.39, 0.29) is 12.3 Å². The lowest BCUT2D eigenvalue weighted by Gasteiger charge is -2.40. The van der Waals surface area contributed by atoms with Crippen LogP contribution in [0.25, 0.3) is 0 Å². The van der Waals surface area contributed by atoms with E-state index in [2.05, 4.69) is 0 Å². The fourth-order valence-electron chi connectivity index (χ4n) is 1.61. The first-order valence-corrected chi connectivity index (χ1v) is 5.58. The molecule has 6 nitrogen and oxygen atoms in total. The minimum Gasteiger partial charge on any atom is -0.479 e. The number of hydrogen-bond donors (Lipinski definition) is 2. The van der Waals surface area contributed by atoms with E-state index in [0.717, 1.165) is 0 Å². The van der Waals surface area contributed by atoms with E-state index < -0.39 is 23.8 Å². The van der Waals surface area contributed by atoms with Gasteiger partial charge in [0.1, 0.15) is 5.60 Å². The topological polar surface area (TPSA) is 87.1 Å². The maximum Gasteiger partial charge on any atom is 0.410 e. The highest BCUT2D eigenvalue weighted by Crippen LogP contribution is 2.23. The summed E-state index contributed by atoms with van der Waals surface area (Å²) in [4.78, 5) is 23.5. The van der Waals surface area contributed by atoms with Crippen LogP contribution in [0.3, 0.4) is 0 Å². The van der Waals surface area contributed by atoms with Gasteiger partial charge in [-0.25, -0.2) is 9.59 Å². The largest absolute Gasteiger partial charge is 0.479 e. The lowest BCUT2D eigenvalue weighted by molar-refractivity contribution is -0.148. The second kappa shape index (κ2) is 4.91. The number of hydrogen-bond acceptors (Lipinski definition) is 4. The Hall–Kier alpha value is -1.30. The monoisotopic (exact) mass is 245 g/mol. The third kappa shape index (κ3) is 4.22. The number of carboxylic acids is 1. The number of ether oxygens (including phenoxy) is 1. The van der Waals surface area contributed by atoms with Gasteiger partial charge < -0.3 is 19.8 Å². The quantitative estimate of drug-likeness (QED) is 0.763. The fraction of sp³-hybridized carbons (Fsp3) is 0.818. The van der Waals surface area contributed by atoms with Crippen LogP contribution < -0.4 is 0 Å². The molecule has 1 saturated heterocycles. The molecule has 2 N–H and O–H groups in total. The zero-order valence-corrected chi connectivity index (χ0v) is 10.3. The van der Waals surface area contributed by atoms with Crippen LogP contribution >= 0.6 is 0 Å². The number of carbonyl (C=O) groups excluding carboxylic acids is 1. The SMILES string of the molecule is CC(C)(C)OC(=O)N1CC(CC(O)C(=O)O)C1. The van der Waals surface area contributed by atoms with Crippen molar-refractivity contribution in [1.82, 2.24) is 4.90 Å². The minimum atomic E-state index is -1.35. The van der Waals surface area contributed by atoms with Gasteiger partial charge in [-0.3, -0.25) is 0 Å². The van der Waals surface area contributed by atoms with E-state index in [1.165, 1.54) is 4.90 Å². The van der Waals surface area contributed by atoms with Crippen molar-refractivity contribution in [1.29, 1.82) is 0 Å². The van der Waals surface area contributed by atoms with Gasteiger partial charge in [0.05, 0.1) is 0 Å². The van der Waals surface area contributed by atoms with Gasteiger partial charge in [-0.1, -0.05) is 0 Å². The fourth-order valence-corrected chi connectivity index (χ4v) is 1.61. The highest BCUT2D eigenvalue weighted by Gasteiger charge is 2.35. The number of likely N-dealkylation sites (tertiary alicyclic amines) is 1. The Balaban J connectivity index is 2.27. The van der Waals surface area contributed by atoms with Crippen molar-refractivity contribution in [2.45, 2.75) is 38.9 Å². The molecule has 0 spiro atoms. The minimum absolute atomic E-state index is 0.0358. The van der Waals surface area contributed by atoms with Gasteiger partial charge >= 0.3 is 12.1 Å². The molecule has 0 aliphatic carbocycles. The number of rotatable bonds is 3. The molecule has 1 unspecified atom stereocenters. The molecule has 0 radical (unpaired) electrons. The van der Waals surface area contributed by atoms with Gasteiger partial charge in [-0.05, 0) is 33.1 Å². The molecule has 1 aliphatic rings. The maximum atomic E-state index is 11.5. The average Bonchev–Trinajstić information content (AvgIpc) is 2.06. The summed E-state index contributed by atoms with van der Waals surface area (Å²) in [6.07, 6.45) is -1.56. The molecular formula is C11H19NO5. The first-order chi connectivity index (χ1) is 7.69. The van der Waals surface area contributed by atoms with Crippen molar-refractivity contribution in [2.24, 2.45) is 5.92 Å². The summed E-state index contributed by atoms with van der Waals surface area (Å²) in [7, 11) is 0. The molecular weight excluding hydrogens is 226 g/mol. The second-order valence-electron chi connectivity index (χ2n) is 5.34. The summed E-state index contributed by atoms with van der Waals surface area (Å²) in [5, 5.41) is 17.7. The van der Waals surface area contributed by atoms with E-state index in [9.17, 15) is 9.59 Å². The van der Waals surface area contributed by atoms with Crippen molar-refractivity contribution in [3.05, 3.63) is 0 Å². The average molecular weight is 245 g/mol. The summed E-state index contributed by atoms with van der Waals surface area (Å²) >= 11 is 0. The van der Waals surface area contributed by atoms with Crippen molar-refractivity contribution < 1.29 is 24.5 Å². The van der Waals surface area contributed by atoms with Crippen LogP contribution in [0, 0.1) is 5.92 Å². The van der Waals surface area contributed by atoms with Gasteiger partial charge in [0.15, 0.2) is 6.10 Å². The van der Waals surface area contributed by atoms with Crippen LogP contribution in [0.15, 0.2) is 0 Å². The first-order valence-electron chi connectivity index (χ1n) is 5.58. The van der Waals surface area contributed by atoms with Gasteiger partial charge in [0, 0.05) is 13.1 Å². The normalized spacial score (nSPS) is 18.5. The van der Waals surface area contributed by atoms with E-state index >= 15 is 0 Å². The van der Waals surface area contributed by atoms with Crippen molar-refractivity contribution in [2.75, 3.05) is 13.1 Å². The number of carbonyl (C=O) groups is 2. The third-order valence-corrected chi connectivity index (χ3v) is 2.45. The summed E-state index contributed by atoms with van der Waals surface area (Å²) in [5.74, 6) is -1.19. The Morgan fingerprint density at radius 1 is 1.41 bits per heavy atom. The standard InChI is InChI=1S/C11H19NO5/c1-11(2,3)17-10(16)12-5-7(6-12)4-8(13)9(14)15/h7-8,13H,4-6H2,1-3H3,(H,14,15). The molecule has 0 aromatic rings. The molecule has 1 atom stereocenters. The van der Waals surface area contributed by atoms with E-state index in [0.29, 0.717) is 13.1 Å². The van der Waals surface area contributed by atoms with E-state index in [1.54, 1.807) is 20.8 Å². The predicted molar refractivity (Wildman–Crippen MR) is 59.6 cm³/mol. The molecule has 98 valence electrons. The van der Waals surface area contributed by atoms with Gasteiger partial charge in [-0.15, -0.1) is 0 Å². The Bertz CT molecular complexity index is 303. The van der Waals surface area contributed by atoms with E-state index in [1.807, 2.05) is 0 Å². The van der Waals surface area contributed by atoms with Crippen LogP contribution in [0.4, 0.5) is 4.79 Å². The summed E-state index contributed by atoms with van der Waals surface area (Å²) < 4.78 is 5.15. The predicted octanol–water partition coefficient (Wildman–Crippen LogP) is 0.689. The maximum absolute atomic E-state index is 11.5. The van der Waals surface area contributed by atoms with Crippen molar-refractivity contribution in [3.8, 4) is 0 Å². The Morgan fingerprint density at radius 3 is 2.35 bits per heavy atom. The molecule has 1 aliphatic heterocycles. The molecule has 0 bridgehead atoms. The second-order valence-corrected chi connectivity index (χ2v) is 5.34. The Morgan fingerprint density at radius 2 is 1.94 bits per heavy atom. The van der Waals surface area contributed by atoms with Crippen LogP contribution in [0.5, 0.6) is 0 Å². The highest BCUT2D eigenvalue weighted by molar-refractivity contribution is 5.72. The number of carboxylic acid groups (broad SMARTS) is 1. The van der Waals surface area contributed by atoms with Crippen molar-refractivity contribution in [3.63, 3.8) is 0 Å². The zero-order chi connectivity index (χ0) is 13.2. The molecule has 0 aromatic carbocycles. The van der Waals surface area contributed by atoms with E-state index in [4.69, 9.17) is 14.9 Å². The lowest BCUT2D eigenvalue weighted by atomic mass is 9.94. The van der Waals surface area contributed by atoms with Crippen LogP contribution in [-0.4, -0.2) is 52.0 Å². The highest BCUT2D eigenvalue weighted by atomic mass is 16.6. The summed E-state index contributed by atoms with van der Waals surface area (Å²) in [5.41, 5.74) is -0.525. The number of aliphatic hydroxyl groups is 1. The first kappa shape index (κ1) is 13.8. The van der Waals surface area contributed by atoms with Crippen LogP contribution in [-0.2, 0) is 9.53 Å². The summed E-state index contributed by atoms with van der Waals surface area (Å²) in [6.45, 7) is 6.25. The number of amides is 1. The zero-order valence-electron chi connectivity index (χ0n) is 10.3. The Kier molecular flexibility index (Phi) is 3.98. The van der Waals surface area contributed by atoms with Gasteiger partial charge in [0.2, 0.25) is 0 Å². The summed E-state index contributed by atoms with van der Waals surface area (Å²) in [6, 6.07) is 0. The van der Waals surface area contributed by atoms with Gasteiger partial charge in [-0.2, -0.15) is 0 Å². The van der Waals surface area contributed by atoms with Crippen LogP contribution in [0.1, 0.15) is 27.2 Å². The molecule has 0 aromatic heterocycles. The Labute approximate surface area is 100 Å². The van der Waals surface area contributed by atoms with Crippen LogP contribution in [0.2, 0.25) is 0 Å². The third-order valence-electron chi connectivity index (χ3n) is 2.45. The number of aliphatic hydroxyl groups excluding tert-OH is 1. The lowest BCUT2D eigenvalue weighted by Crippen LogP contribution is -2.52. The number of aliphatic carboxylic acids is 1.